The number of carboxylic acid groups (broad SMARTS) is 2. The fourth-order valence-corrected chi connectivity index (χ4v) is 8.55. The number of amides is 8. The molecule has 1 aromatic carbocycles. The molecular formula is C49H74F3N13O12. The Bertz CT molecular complexity index is 2420. The number of carboxylic acids is 2. The number of nitrogens with one attached hydrogen (secondary N) is 8. The average molecular weight is 1090 g/mol. The fraction of sp³-hybridized carbons (Fsp3) is 0.612. The van der Waals surface area contributed by atoms with Crippen LogP contribution in [0.1, 0.15) is 104 Å². The number of unbranched alkanes of at least 4 members (excludes halogenated alkanes) is 1. The van der Waals surface area contributed by atoms with Gasteiger partial charge in [-0.1, -0.05) is 52.3 Å². The number of nitrogens with zero attached hydrogens (tertiary/aromatic N) is 2. The summed E-state index contributed by atoms with van der Waals surface area (Å²) in [6.45, 7) is 7.32. The minimum Gasteiger partial charge on any atom is -0.480 e. The quantitative estimate of drug-likeness (QED) is 0.0291. The Morgan fingerprint density at radius 2 is 1.48 bits per heavy atom. The average Bonchev–Trinajstić information content (AvgIpc) is 4.15. The molecule has 1 aromatic heterocycles. The van der Waals surface area contributed by atoms with Crippen LogP contribution in [0.4, 0.5) is 13.2 Å². The number of hydrogen-bond acceptors (Lipinski definition) is 12. The van der Waals surface area contributed by atoms with Gasteiger partial charge in [0.05, 0.1) is 6.54 Å². The van der Waals surface area contributed by atoms with Crippen LogP contribution in [-0.2, 0) is 54.4 Å². The predicted molar refractivity (Wildman–Crippen MR) is 274 cm³/mol. The molecule has 2 fully saturated rings. The Kier molecular flexibility index (Phi) is 25.6. The largest absolute Gasteiger partial charge is 0.490 e. The van der Waals surface area contributed by atoms with Crippen LogP contribution >= 0.6 is 0 Å². The number of benzene rings is 1. The van der Waals surface area contributed by atoms with E-state index in [1.165, 1.54) is 4.90 Å². The predicted octanol–water partition coefficient (Wildman–Crippen LogP) is -0.487. The second-order valence-electron chi connectivity index (χ2n) is 19.3. The number of para-hydroxylation sites is 1. The van der Waals surface area contributed by atoms with E-state index >= 15 is 0 Å². The van der Waals surface area contributed by atoms with E-state index in [0.717, 1.165) is 10.9 Å². The summed E-state index contributed by atoms with van der Waals surface area (Å²) >= 11 is 0. The number of carbonyl (C=O) groups is 10. The molecule has 2 aromatic rings. The van der Waals surface area contributed by atoms with E-state index in [0.29, 0.717) is 37.8 Å². The molecule has 0 radical (unpaired) electrons. The molecule has 16 N–H and O–H groups in total. The van der Waals surface area contributed by atoms with Gasteiger partial charge in [0.2, 0.25) is 47.3 Å². The van der Waals surface area contributed by atoms with Gasteiger partial charge < -0.3 is 74.5 Å². The van der Waals surface area contributed by atoms with Crippen molar-refractivity contribution in [3.05, 3.63) is 36.0 Å². The summed E-state index contributed by atoms with van der Waals surface area (Å²) in [5, 5.41) is 36.5. The SMILES string of the molecule is CC[C@H](C)[C@H](NC(=O)[C@H](Cc1c[nH]c2ccccc12)NC(=O)[C@@H]1CCCN1C(=O)[C@H](CCCN=C(N)N)NC(=O)[C@H](CCCCN)NC(=O)CNC(=O)[C@@H]1CCC(=O)N1)C(=O)N[C@@H](CC(C)C)C(=O)O.O=C(O)C(F)(F)F. The lowest BCUT2D eigenvalue weighted by molar-refractivity contribution is -0.192. The van der Waals surface area contributed by atoms with Crippen molar-refractivity contribution in [2.75, 3.05) is 26.2 Å². The van der Waals surface area contributed by atoms with Crippen LogP contribution < -0.4 is 54.4 Å². The lowest BCUT2D eigenvalue weighted by Gasteiger charge is -2.31. The Morgan fingerprint density at radius 1 is 0.831 bits per heavy atom. The summed E-state index contributed by atoms with van der Waals surface area (Å²) < 4.78 is 31.7. The zero-order chi connectivity index (χ0) is 57.6. The van der Waals surface area contributed by atoms with E-state index in [9.17, 15) is 61.4 Å². The van der Waals surface area contributed by atoms with Gasteiger partial charge in [-0.25, -0.2) is 9.59 Å². The summed E-state index contributed by atoms with van der Waals surface area (Å²) in [6.07, 6.45) is -0.323. The second-order valence-corrected chi connectivity index (χ2v) is 19.3. The molecule has 0 bridgehead atoms. The lowest BCUT2D eigenvalue weighted by atomic mass is 9.96. The standard InChI is InChI=1S/C47H73N13O10.C2HF3O2/c1-5-27(4)39(44(67)58-35(46(69)70)22-26(2)3)59-42(65)34(23-28-24-52-30-13-7-6-12-29(28)30)57-43(66)36-16-11-21-60(36)45(68)33(15-10-20-51-47(49)50)56-41(64)31(14-8-9-19-48)55-38(62)25-53-40(63)32-17-18-37(61)54-32;3-2(4,5)1(6)7/h6-7,12-13,24,26-27,31-36,39,52H,5,8-11,14-23,25,48H2,1-4H3,(H,53,63)(H,54,61)(H,55,62)(H,56,64)(H,57,66)(H,58,67)(H,59,65)(H,69,70)(H4,49,50,51);(H,6,7)/t27-,31-,32-,33-,34-,35-,36-,39-;/m0./s1. The highest BCUT2D eigenvalue weighted by atomic mass is 19.4. The van der Waals surface area contributed by atoms with Crippen LogP contribution in [0, 0.1) is 11.8 Å². The number of aliphatic imine (C=N–C) groups is 1. The van der Waals surface area contributed by atoms with Gasteiger partial charge in [-0.2, -0.15) is 13.2 Å². The van der Waals surface area contributed by atoms with E-state index in [-0.39, 0.29) is 82.2 Å². The van der Waals surface area contributed by atoms with Gasteiger partial charge in [-0.05, 0) is 87.8 Å². The summed E-state index contributed by atoms with van der Waals surface area (Å²) in [5.41, 5.74) is 18.3. The van der Waals surface area contributed by atoms with Crippen molar-refractivity contribution < 1.29 is 71.3 Å². The van der Waals surface area contributed by atoms with E-state index in [1.54, 1.807) is 13.1 Å². The first kappa shape index (κ1) is 63.8. The van der Waals surface area contributed by atoms with Gasteiger partial charge in [-0.15, -0.1) is 0 Å². The number of H-pyrrole nitrogens is 1. The number of aromatic nitrogens is 1. The third kappa shape index (κ3) is 20.9. The summed E-state index contributed by atoms with van der Waals surface area (Å²) in [5.74, 6) is -9.49. The van der Waals surface area contributed by atoms with Crippen molar-refractivity contribution in [3.8, 4) is 0 Å². The Balaban J connectivity index is 0.00000208. The molecule has 28 heteroatoms. The third-order valence-electron chi connectivity index (χ3n) is 12.8. The highest BCUT2D eigenvalue weighted by Crippen LogP contribution is 2.23. The van der Waals surface area contributed by atoms with E-state index in [1.807, 2.05) is 45.0 Å². The molecule has 8 amide bonds. The minimum absolute atomic E-state index is 0.0240. The molecule has 428 valence electrons. The number of nitrogens with two attached hydrogens (primary N) is 3. The number of carbonyl (C=O) groups excluding carboxylic acids is 8. The van der Waals surface area contributed by atoms with Crippen molar-refractivity contribution >= 4 is 76.1 Å². The zero-order valence-corrected chi connectivity index (χ0v) is 43.6. The normalized spacial score (nSPS) is 17.5. The van der Waals surface area contributed by atoms with Gasteiger partial charge in [0.1, 0.15) is 42.3 Å². The number of alkyl halides is 3. The van der Waals surface area contributed by atoms with Gasteiger partial charge in [0.15, 0.2) is 5.96 Å². The topological polar surface area (TPSA) is 405 Å². The maximum Gasteiger partial charge on any atom is 0.490 e. The maximum atomic E-state index is 14.6. The lowest BCUT2D eigenvalue weighted by Crippen LogP contribution is -2.60. The van der Waals surface area contributed by atoms with Gasteiger partial charge in [0, 0.05) is 43.0 Å². The van der Waals surface area contributed by atoms with E-state index < -0.39 is 114 Å². The molecule has 4 rings (SSSR count). The number of likely N-dealkylation sites (tertiary alicyclic amines) is 1. The number of aromatic amines is 1. The van der Waals surface area contributed by atoms with E-state index in [2.05, 4.69) is 47.2 Å². The molecule has 0 spiro atoms. The molecule has 77 heavy (non-hydrogen) atoms. The second kappa shape index (κ2) is 30.9. The van der Waals surface area contributed by atoms with Crippen LogP contribution in [-0.4, -0.2) is 160 Å². The van der Waals surface area contributed by atoms with Crippen molar-refractivity contribution in [1.29, 1.82) is 0 Å². The molecule has 0 aliphatic carbocycles. The van der Waals surface area contributed by atoms with Crippen LogP contribution in [0.5, 0.6) is 0 Å². The molecule has 0 unspecified atom stereocenters. The number of rotatable bonds is 28. The molecule has 0 saturated carbocycles. The van der Waals surface area contributed by atoms with Crippen molar-refractivity contribution in [1.82, 2.24) is 47.1 Å². The number of guanidine groups is 1. The summed E-state index contributed by atoms with van der Waals surface area (Å²) in [6, 6.07) is -0.472. The maximum absolute atomic E-state index is 14.6. The van der Waals surface area contributed by atoms with E-state index in [4.69, 9.17) is 27.1 Å². The smallest absolute Gasteiger partial charge is 0.480 e. The molecule has 2 aliphatic heterocycles. The Hall–Kier alpha value is -7.52. The molecule has 25 nitrogen and oxygen atoms in total. The number of fused-ring (bicyclic) bond motifs is 1. The molecule has 2 aliphatic rings. The number of hydrogen-bond donors (Lipinski definition) is 13. The first-order valence-corrected chi connectivity index (χ1v) is 25.5. The molecule has 8 atom stereocenters. The van der Waals surface area contributed by atoms with Crippen molar-refractivity contribution in [2.24, 2.45) is 34.0 Å². The first-order chi connectivity index (χ1) is 36.3. The van der Waals surface area contributed by atoms with Crippen LogP contribution in [0.3, 0.4) is 0 Å². The van der Waals surface area contributed by atoms with Crippen LogP contribution in [0.15, 0.2) is 35.5 Å². The zero-order valence-electron chi connectivity index (χ0n) is 43.6. The Morgan fingerprint density at radius 3 is 2.08 bits per heavy atom. The van der Waals surface area contributed by atoms with Crippen LogP contribution in [0.2, 0.25) is 0 Å². The molecule has 2 saturated heterocycles. The van der Waals surface area contributed by atoms with Gasteiger partial charge >= 0.3 is 18.1 Å². The molecule has 3 heterocycles. The number of halogens is 3. The summed E-state index contributed by atoms with van der Waals surface area (Å²) in [7, 11) is 0. The Labute approximate surface area is 443 Å². The van der Waals surface area contributed by atoms with Gasteiger partial charge in [-0.3, -0.25) is 43.3 Å². The highest BCUT2D eigenvalue weighted by molar-refractivity contribution is 5.98. The first-order valence-electron chi connectivity index (χ1n) is 25.5. The van der Waals surface area contributed by atoms with Crippen LogP contribution in [0.25, 0.3) is 10.9 Å². The van der Waals surface area contributed by atoms with Crippen molar-refractivity contribution in [3.63, 3.8) is 0 Å². The fourth-order valence-electron chi connectivity index (χ4n) is 8.55. The third-order valence-corrected chi connectivity index (χ3v) is 12.8. The summed E-state index contributed by atoms with van der Waals surface area (Å²) in [4.78, 5) is 138. The molecular weight excluding hydrogens is 1020 g/mol. The monoisotopic (exact) mass is 1090 g/mol. The highest BCUT2D eigenvalue weighted by Gasteiger charge is 2.41. The van der Waals surface area contributed by atoms with Crippen molar-refractivity contribution in [2.45, 2.75) is 153 Å². The van der Waals surface area contributed by atoms with Gasteiger partial charge in [0.25, 0.3) is 0 Å². The number of aliphatic carboxylic acids is 2. The minimum atomic E-state index is -5.08.